The molecule has 1 unspecified atom stereocenters. The van der Waals surface area contributed by atoms with Gasteiger partial charge in [0.1, 0.15) is 6.04 Å². The first-order chi connectivity index (χ1) is 9.22. The van der Waals surface area contributed by atoms with E-state index in [9.17, 15) is 9.90 Å². The number of rotatable bonds is 4. The molecule has 1 saturated carbocycles. The van der Waals surface area contributed by atoms with Gasteiger partial charge in [-0.05, 0) is 12.8 Å². The second-order valence-corrected chi connectivity index (χ2v) is 6.06. The Morgan fingerprint density at radius 2 is 2.16 bits per heavy atom. The lowest BCUT2D eigenvalue weighted by molar-refractivity contribution is -0.123. The number of carbonyl (C=O) groups excluding carboxylic acids is 1. The maximum absolute atomic E-state index is 12.1. The number of carbonyl (C=O) groups is 1. The van der Waals surface area contributed by atoms with Crippen LogP contribution in [0, 0.1) is 0 Å². The van der Waals surface area contributed by atoms with Gasteiger partial charge < -0.3 is 10.4 Å². The number of aliphatic hydroxyl groups is 1. The van der Waals surface area contributed by atoms with Crippen LogP contribution < -0.4 is 5.32 Å². The van der Waals surface area contributed by atoms with Gasteiger partial charge in [-0.2, -0.15) is 0 Å². The van der Waals surface area contributed by atoms with Crippen LogP contribution in [0.1, 0.15) is 18.4 Å². The van der Waals surface area contributed by atoms with Crippen molar-refractivity contribution < 1.29 is 9.90 Å². The SMILES string of the molecule is O=C(NC1(CO)CC1)C1CSC(c2ccccc2)=N1. The van der Waals surface area contributed by atoms with Gasteiger partial charge in [-0.3, -0.25) is 9.79 Å². The number of nitrogens with zero attached hydrogens (tertiary/aromatic N) is 1. The fraction of sp³-hybridized carbons (Fsp3) is 0.429. The van der Waals surface area contributed by atoms with Crippen molar-refractivity contribution >= 4 is 22.7 Å². The van der Waals surface area contributed by atoms with Gasteiger partial charge in [0.25, 0.3) is 0 Å². The van der Waals surface area contributed by atoms with Gasteiger partial charge in [-0.1, -0.05) is 30.3 Å². The summed E-state index contributed by atoms with van der Waals surface area (Å²) in [5.74, 6) is 0.613. The Kier molecular flexibility index (Phi) is 3.33. The molecule has 19 heavy (non-hydrogen) atoms. The minimum Gasteiger partial charge on any atom is -0.394 e. The zero-order valence-electron chi connectivity index (χ0n) is 10.5. The summed E-state index contributed by atoms with van der Waals surface area (Å²) in [6.07, 6.45) is 1.73. The van der Waals surface area contributed by atoms with Gasteiger partial charge in [0, 0.05) is 11.3 Å². The van der Waals surface area contributed by atoms with Crippen LogP contribution in [0.3, 0.4) is 0 Å². The first kappa shape index (κ1) is 12.7. The van der Waals surface area contributed by atoms with E-state index in [1.165, 1.54) is 0 Å². The van der Waals surface area contributed by atoms with Crippen molar-refractivity contribution in [2.45, 2.75) is 24.4 Å². The molecule has 1 heterocycles. The number of amides is 1. The van der Waals surface area contributed by atoms with Crippen molar-refractivity contribution in [1.29, 1.82) is 0 Å². The van der Waals surface area contributed by atoms with E-state index in [0.717, 1.165) is 23.4 Å². The van der Waals surface area contributed by atoms with E-state index in [2.05, 4.69) is 10.3 Å². The van der Waals surface area contributed by atoms with Crippen molar-refractivity contribution in [2.75, 3.05) is 12.4 Å². The van der Waals surface area contributed by atoms with E-state index in [-0.39, 0.29) is 24.1 Å². The van der Waals surface area contributed by atoms with E-state index >= 15 is 0 Å². The Bertz CT molecular complexity index is 511. The Morgan fingerprint density at radius 1 is 1.42 bits per heavy atom. The summed E-state index contributed by atoms with van der Waals surface area (Å²) < 4.78 is 0. The highest BCUT2D eigenvalue weighted by molar-refractivity contribution is 8.14. The number of benzene rings is 1. The first-order valence-electron chi connectivity index (χ1n) is 6.41. The molecule has 0 radical (unpaired) electrons. The third-order valence-corrected chi connectivity index (χ3v) is 4.62. The monoisotopic (exact) mass is 276 g/mol. The predicted octanol–water partition coefficient (Wildman–Crippen LogP) is 1.19. The summed E-state index contributed by atoms with van der Waals surface area (Å²) >= 11 is 1.61. The molecule has 3 rings (SSSR count). The molecule has 2 aliphatic rings. The molecule has 5 heteroatoms. The van der Waals surface area contributed by atoms with E-state index in [1.54, 1.807) is 11.8 Å². The van der Waals surface area contributed by atoms with Crippen molar-refractivity contribution in [2.24, 2.45) is 4.99 Å². The topological polar surface area (TPSA) is 61.7 Å². The molecule has 1 aliphatic carbocycles. The molecule has 1 aliphatic heterocycles. The summed E-state index contributed by atoms with van der Waals surface area (Å²) in [6, 6.07) is 9.58. The van der Waals surface area contributed by atoms with Crippen LogP contribution >= 0.6 is 11.8 Å². The number of hydrogen-bond acceptors (Lipinski definition) is 4. The normalized spacial score (nSPS) is 23.8. The molecule has 0 saturated heterocycles. The van der Waals surface area contributed by atoms with Crippen molar-refractivity contribution in [3.63, 3.8) is 0 Å². The maximum Gasteiger partial charge on any atom is 0.246 e. The summed E-state index contributed by atoms with van der Waals surface area (Å²) in [4.78, 5) is 16.6. The molecule has 1 aromatic rings. The van der Waals surface area contributed by atoms with Crippen LogP contribution in [0.4, 0.5) is 0 Å². The zero-order chi connectivity index (χ0) is 13.3. The van der Waals surface area contributed by atoms with Crippen LogP contribution in [0.15, 0.2) is 35.3 Å². The highest BCUT2D eigenvalue weighted by Gasteiger charge is 2.44. The molecule has 0 spiro atoms. The number of thioether (sulfide) groups is 1. The number of nitrogens with one attached hydrogen (secondary N) is 1. The minimum atomic E-state index is -0.354. The Hall–Kier alpha value is -1.33. The molecule has 1 fully saturated rings. The fourth-order valence-electron chi connectivity index (χ4n) is 2.07. The highest BCUT2D eigenvalue weighted by Crippen LogP contribution is 2.35. The van der Waals surface area contributed by atoms with Gasteiger partial charge in [-0.15, -0.1) is 11.8 Å². The van der Waals surface area contributed by atoms with Crippen molar-refractivity contribution in [1.82, 2.24) is 5.32 Å². The zero-order valence-corrected chi connectivity index (χ0v) is 11.3. The standard InChI is InChI=1S/C14H16N2O2S/c17-9-14(6-7-14)16-12(18)11-8-19-13(15-11)10-4-2-1-3-5-10/h1-5,11,17H,6-9H2,(H,16,18). The number of aliphatic imine (C=N–C) groups is 1. The molecule has 100 valence electrons. The first-order valence-corrected chi connectivity index (χ1v) is 7.40. The third kappa shape index (κ3) is 2.67. The third-order valence-electron chi connectivity index (χ3n) is 3.52. The van der Waals surface area contributed by atoms with Gasteiger partial charge in [0.05, 0.1) is 17.2 Å². The van der Waals surface area contributed by atoms with E-state index in [0.29, 0.717) is 5.75 Å². The lowest BCUT2D eigenvalue weighted by Gasteiger charge is -2.15. The van der Waals surface area contributed by atoms with Gasteiger partial charge in [0.15, 0.2) is 0 Å². The minimum absolute atomic E-state index is 0.0217. The molecule has 0 bridgehead atoms. The van der Waals surface area contributed by atoms with Crippen LogP contribution in [-0.4, -0.2) is 40.0 Å². The molecule has 4 nitrogen and oxygen atoms in total. The molecule has 1 aromatic carbocycles. The Morgan fingerprint density at radius 3 is 2.79 bits per heavy atom. The van der Waals surface area contributed by atoms with Crippen LogP contribution in [0.5, 0.6) is 0 Å². The van der Waals surface area contributed by atoms with E-state index in [4.69, 9.17) is 0 Å². The smallest absolute Gasteiger partial charge is 0.246 e. The predicted molar refractivity (Wildman–Crippen MR) is 76.4 cm³/mol. The molecule has 1 amide bonds. The molecule has 2 N–H and O–H groups in total. The lowest BCUT2D eigenvalue weighted by Crippen LogP contribution is -2.44. The quantitative estimate of drug-likeness (QED) is 0.868. The molecular weight excluding hydrogens is 260 g/mol. The summed E-state index contributed by atoms with van der Waals surface area (Å²) in [6.45, 7) is 0.0217. The average Bonchev–Trinajstić information content (AvgIpc) is 3.04. The largest absolute Gasteiger partial charge is 0.394 e. The van der Waals surface area contributed by atoms with E-state index in [1.807, 2.05) is 30.3 Å². The van der Waals surface area contributed by atoms with Crippen LogP contribution in [0.25, 0.3) is 0 Å². The second kappa shape index (κ2) is 4.98. The maximum atomic E-state index is 12.1. The molecule has 0 aromatic heterocycles. The molecular formula is C14H16N2O2S. The van der Waals surface area contributed by atoms with Crippen molar-refractivity contribution in [3.8, 4) is 0 Å². The second-order valence-electron chi connectivity index (χ2n) is 5.05. The Labute approximate surface area is 116 Å². The Balaban J connectivity index is 1.67. The van der Waals surface area contributed by atoms with Crippen LogP contribution in [-0.2, 0) is 4.79 Å². The van der Waals surface area contributed by atoms with Gasteiger partial charge >= 0.3 is 0 Å². The van der Waals surface area contributed by atoms with Gasteiger partial charge in [0.2, 0.25) is 5.91 Å². The lowest BCUT2D eigenvalue weighted by atomic mass is 10.2. The average molecular weight is 276 g/mol. The van der Waals surface area contributed by atoms with E-state index < -0.39 is 0 Å². The summed E-state index contributed by atoms with van der Waals surface area (Å²) in [5, 5.41) is 13.1. The molecule has 1 atom stereocenters. The number of hydrogen-bond donors (Lipinski definition) is 2. The summed E-state index contributed by atoms with van der Waals surface area (Å²) in [5.41, 5.74) is 0.707. The fourth-order valence-corrected chi connectivity index (χ4v) is 3.11. The van der Waals surface area contributed by atoms with Crippen LogP contribution in [0.2, 0.25) is 0 Å². The summed E-state index contributed by atoms with van der Waals surface area (Å²) in [7, 11) is 0. The van der Waals surface area contributed by atoms with Crippen molar-refractivity contribution in [3.05, 3.63) is 35.9 Å². The highest BCUT2D eigenvalue weighted by atomic mass is 32.2. The van der Waals surface area contributed by atoms with Gasteiger partial charge in [-0.25, -0.2) is 0 Å². The number of aliphatic hydroxyl groups excluding tert-OH is 1.